The number of ether oxygens (including phenoxy) is 3. The zero-order valence-electron chi connectivity index (χ0n) is 28.9. The molecule has 1 aromatic heterocycles. The van der Waals surface area contributed by atoms with Crippen LogP contribution in [0.4, 0.5) is 4.39 Å². The first kappa shape index (κ1) is 36.2. The predicted molar refractivity (Wildman–Crippen MR) is 185 cm³/mol. The number of rotatable bonds is 13. The van der Waals surface area contributed by atoms with Crippen LogP contribution in [0.25, 0.3) is 11.6 Å². The molecule has 2 aromatic rings. The van der Waals surface area contributed by atoms with Crippen molar-refractivity contribution in [2.24, 2.45) is 5.92 Å². The van der Waals surface area contributed by atoms with E-state index >= 15 is 4.39 Å². The minimum absolute atomic E-state index is 0.00529. The van der Waals surface area contributed by atoms with Crippen molar-refractivity contribution in [1.82, 2.24) is 25.4 Å². The average Bonchev–Trinajstić information content (AvgIpc) is 3.42. The van der Waals surface area contributed by atoms with Crippen LogP contribution in [0.2, 0.25) is 0 Å². The molecular formula is C37H48FN5O5. The van der Waals surface area contributed by atoms with Gasteiger partial charge in [-0.2, -0.15) is 0 Å². The van der Waals surface area contributed by atoms with Gasteiger partial charge in [0.2, 0.25) is 5.91 Å². The highest BCUT2D eigenvalue weighted by atomic mass is 19.1. The summed E-state index contributed by atoms with van der Waals surface area (Å²) < 4.78 is 32.6. The number of likely N-dealkylation sites (N-methyl/N-ethyl adjacent to an activating group) is 2. The summed E-state index contributed by atoms with van der Waals surface area (Å²) >= 11 is 0. The molecule has 48 heavy (non-hydrogen) atoms. The van der Waals surface area contributed by atoms with E-state index in [2.05, 4.69) is 22.2 Å². The van der Waals surface area contributed by atoms with Gasteiger partial charge in [-0.1, -0.05) is 38.0 Å². The first-order chi connectivity index (χ1) is 23.1. The molecule has 0 unspecified atom stereocenters. The van der Waals surface area contributed by atoms with Crippen LogP contribution in [0, 0.1) is 11.7 Å². The van der Waals surface area contributed by atoms with Crippen molar-refractivity contribution in [3.05, 3.63) is 89.2 Å². The smallest absolute Gasteiger partial charge is 0.259 e. The Morgan fingerprint density at radius 1 is 1.06 bits per heavy atom. The van der Waals surface area contributed by atoms with Gasteiger partial charge in [0.05, 0.1) is 25.8 Å². The molecule has 1 aromatic carbocycles. The Balaban J connectivity index is 1.47. The summed E-state index contributed by atoms with van der Waals surface area (Å²) in [7, 11) is 8.67. The minimum Gasteiger partial charge on any atom is -0.493 e. The van der Waals surface area contributed by atoms with Crippen LogP contribution in [0.15, 0.2) is 66.5 Å². The van der Waals surface area contributed by atoms with E-state index < -0.39 is 5.82 Å². The van der Waals surface area contributed by atoms with Crippen LogP contribution in [0.3, 0.4) is 0 Å². The van der Waals surface area contributed by atoms with E-state index in [9.17, 15) is 9.59 Å². The average molecular weight is 662 g/mol. The highest BCUT2D eigenvalue weighted by Crippen LogP contribution is 2.35. The van der Waals surface area contributed by atoms with E-state index in [1.54, 1.807) is 58.7 Å². The van der Waals surface area contributed by atoms with E-state index in [-0.39, 0.29) is 29.5 Å². The molecule has 1 saturated carbocycles. The number of carbonyl (C=O) groups excluding carboxylic acids is 2. The van der Waals surface area contributed by atoms with E-state index in [1.165, 1.54) is 17.0 Å². The van der Waals surface area contributed by atoms with Gasteiger partial charge in [0, 0.05) is 49.9 Å². The minimum atomic E-state index is -0.633. The second-order valence-electron chi connectivity index (χ2n) is 12.2. The molecule has 0 radical (unpaired) electrons. The third-order valence-electron chi connectivity index (χ3n) is 8.73. The van der Waals surface area contributed by atoms with Gasteiger partial charge >= 0.3 is 0 Å². The van der Waals surface area contributed by atoms with Crippen LogP contribution >= 0.6 is 0 Å². The summed E-state index contributed by atoms with van der Waals surface area (Å²) in [5, 5.41) is 6.44. The number of carbonyl (C=O) groups is 2. The first-order valence-electron chi connectivity index (χ1n) is 16.4. The largest absolute Gasteiger partial charge is 0.493 e. The maximum atomic E-state index is 15.6. The number of aromatic nitrogens is 1. The molecule has 1 fully saturated rings. The Morgan fingerprint density at radius 3 is 2.50 bits per heavy atom. The number of methoxy groups -OCH3 is 2. The van der Waals surface area contributed by atoms with Crippen LogP contribution in [-0.4, -0.2) is 81.1 Å². The van der Waals surface area contributed by atoms with E-state index in [4.69, 9.17) is 14.2 Å². The van der Waals surface area contributed by atoms with Crippen LogP contribution in [-0.2, 0) is 25.5 Å². The number of halogens is 1. The van der Waals surface area contributed by atoms with Crippen molar-refractivity contribution in [2.75, 3.05) is 48.5 Å². The lowest BCUT2D eigenvalue weighted by atomic mass is 9.93. The Kier molecular flexibility index (Phi) is 12.8. The molecule has 11 heteroatoms. The summed E-state index contributed by atoms with van der Waals surface area (Å²) in [6.45, 7) is 7.19. The third kappa shape index (κ3) is 8.83. The molecule has 0 bridgehead atoms. The molecule has 1 heterocycles. The third-order valence-corrected chi connectivity index (χ3v) is 8.73. The van der Waals surface area contributed by atoms with Crippen LogP contribution in [0.1, 0.15) is 55.8 Å². The molecule has 0 spiro atoms. The molecular weight excluding hydrogens is 613 g/mol. The Hall–Kier alpha value is -4.64. The second-order valence-corrected chi connectivity index (χ2v) is 12.2. The van der Waals surface area contributed by atoms with Gasteiger partial charge in [-0.25, -0.2) is 4.39 Å². The SMILES string of the molecule is C=C(N[C@@H]1CCCCC[C@@H]1C(=O)NCCN(C)C)N(C)C(=O)/C(=C\C)c1ccc(Oc2ccnc3c2C=C(OC)C(OC)=CC3)c(F)c1. The molecule has 258 valence electrons. The monoisotopic (exact) mass is 661 g/mol. The molecule has 2 amide bonds. The fourth-order valence-corrected chi connectivity index (χ4v) is 5.96. The standard InChI is InChI=1S/C37H48FN5O5/c1-8-26(37(45)43(5)24(2)41-31-13-11-9-10-12-27(31)36(44)40-20-21-42(3)4)25-14-16-33(29(38)22-25)48-32-18-19-39-30-15-17-34(46-6)35(47-7)23-28(30)32/h8,14,16-19,22-23,27,31,41H,2,9-13,15,20-21H2,1,3-7H3,(H,40,44)/b26-8-/t27-,31+/m0/s1. The van der Waals surface area contributed by atoms with Crippen molar-refractivity contribution in [3.8, 4) is 11.5 Å². The zero-order chi connectivity index (χ0) is 34.8. The van der Waals surface area contributed by atoms with Crippen molar-refractivity contribution in [2.45, 2.75) is 51.5 Å². The maximum absolute atomic E-state index is 15.6. The number of pyridine rings is 1. The zero-order valence-corrected chi connectivity index (χ0v) is 28.9. The van der Waals surface area contributed by atoms with Gasteiger partial charge < -0.3 is 29.7 Å². The summed E-state index contributed by atoms with van der Waals surface area (Å²) in [6.07, 6.45) is 11.9. The van der Waals surface area contributed by atoms with E-state index in [0.717, 1.165) is 44.3 Å². The Labute approximate surface area is 283 Å². The highest BCUT2D eigenvalue weighted by molar-refractivity contribution is 6.19. The number of hydrogen-bond donors (Lipinski definition) is 2. The lowest BCUT2D eigenvalue weighted by Gasteiger charge is -2.31. The molecule has 2 N–H and O–H groups in total. The van der Waals surface area contributed by atoms with Crippen LogP contribution < -0.4 is 15.4 Å². The van der Waals surface area contributed by atoms with Gasteiger partial charge in [0.1, 0.15) is 11.6 Å². The van der Waals surface area contributed by atoms with E-state index in [0.29, 0.717) is 52.8 Å². The molecule has 2 aliphatic carbocycles. The Morgan fingerprint density at radius 2 is 1.81 bits per heavy atom. The first-order valence-corrected chi connectivity index (χ1v) is 16.4. The lowest BCUT2D eigenvalue weighted by molar-refractivity contribution is -0.126. The normalized spacial score (nSPS) is 18.0. The van der Waals surface area contributed by atoms with Crippen LogP contribution in [0.5, 0.6) is 11.5 Å². The highest BCUT2D eigenvalue weighted by Gasteiger charge is 2.31. The number of hydrogen-bond acceptors (Lipinski definition) is 8. The summed E-state index contributed by atoms with van der Waals surface area (Å²) in [5.41, 5.74) is 2.07. The number of benzene rings is 1. The molecule has 2 atom stereocenters. The second kappa shape index (κ2) is 17.0. The number of nitrogens with zero attached hydrogens (tertiary/aromatic N) is 3. The number of fused-ring (bicyclic) bond motifs is 1. The van der Waals surface area contributed by atoms with Gasteiger partial charge in [-0.3, -0.25) is 19.5 Å². The van der Waals surface area contributed by atoms with Gasteiger partial charge in [0.15, 0.2) is 23.1 Å². The lowest BCUT2D eigenvalue weighted by Crippen LogP contribution is -2.47. The summed E-state index contributed by atoms with van der Waals surface area (Å²) in [6, 6.07) is 5.94. The fraction of sp³-hybridized carbons (Fsp3) is 0.432. The molecule has 2 aliphatic rings. The van der Waals surface area contributed by atoms with Gasteiger partial charge in [-0.05, 0) is 69.8 Å². The maximum Gasteiger partial charge on any atom is 0.259 e. The Bertz CT molecular complexity index is 1580. The van der Waals surface area contributed by atoms with Crippen molar-refractivity contribution >= 4 is 23.5 Å². The summed E-state index contributed by atoms with van der Waals surface area (Å²) in [5.74, 6) is 0.633. The van der Waals surface area contributed by atoms with Crippen molar-refractivity contribution in [3.63, 3.8) is 0 Å². The number of allylic oxidation sites excluding steroid dienone is 2. The van der Waals surface area contributed by atoms with Gasteiger partial charge in [0.25, 0.3) is 5.91 Å². The molecule has 0 aliphatic heterocycles. The summed E-state index contributed by atoms with van der Waals surface area (Å²) in [4.78, 5) is 34.7. The topological polar surface area (TPSA) is 105 Å². The van der Waals surface area contributed by atoms with Gasteiger partial charge in [-0.15, -0.1) is 0 Å². The number of amides is 2. The predicted octanol–water partition coefficient (Wildman–Crippen LogP) is 5.64. The quantitative estimate of drug-likeness (QED) is 0.210. The van der Waals surface area contributed by atoms with E-state index in [1.807, 2.05) is 25.1 Å². The molecule has 4 rings (SSSR count). The fourth-order valence-electron chi connectivity index (χ4n) is 5.96. The molecule has 0 saturated heterocycles. The van der Waals surface area contributed by atoms with Crippen molar-refractivity contribution < 1.29 is 28.2 Å². The molecule has 10 nitrogen and oxygen atoms in total. The van der Waals surface area contributed by atoms with Crippen molar-refractivity contribution in [1.29, 1.82) is 0 Å². The number of nitrogens with one attached hydrogen (secondary N) is 2.